The lowest BCUT2D eigenvalue weighted by Crippen LogP contribution is -2.07. The van der Waals surface area contributed by atoms with Gasteiger partial charge in [-0.3, -0.25) is 4.79 Å². The maximum Gasteiger partial charge on any atom is 0.356 e. The minimum Gasteiger partial charge on any atom is -0.476 e. The molecule has 0 radical (unpaired) electrons. The molecule has 0 fully saturated rings. The van der Waals surface area contributed by atoms with Crippen LogP contribution in [0.3, 0.4) is 0 Å². The zero-order chi connectivity index (χ0) is 12.8. The molecule has 1 N–H and O–H groups in total. The average Bonchev–Trinajstić information content (AvgIpc) is 2.28. The number of aromatic nitrogens is 1. The molecule has 5 nitrogen and oxygen atoms in total. The van der Waals surface area contributed by atoms with Gasteiger partial charge in [-0.25, -0.2) is 9.78 Å². The summed E-state index contributed by atoms with van der Waals surface area (Å²) in [6.45, 7) is 2.03. The third kappa shape index (κ3) is 4.24. The van der Waals surface area contributed by atoms with E-state index < -0.39 is 5.97 Å². The van der Waals surface area contributed by atoms with Gasteiger partial charge in [-0.2, -0.15) is 0 Å². The lowest BCUT2D eigenvalue weighted by molar-refractivity contribution is -0.139. The molecule has 0 aliphatic heterocycles. The van der Waals surface area contributed by atoms with E-state index in [9.17, 15) is 9.59 Å². The first-order chi connectivity index (χ1) is 8.04. The lowest BCUT2D eigenvalue weighted by atomic mass is 10.3. The Morgan fingerprint density at radius 1 is 1.53 bits per heavy atom. The number of esters is 1. The summed E-state index contributed by atoms with van der Waals surface area (Å²) in [6.07, 6.45) is 0. The van der Waals surface area contributed by atoms with Crippen molar-refractivity contribution in [3.8, 4) is 0 Å². The summed E-state index contributed by atoms with van der Waals surface area (Å²) in [7, 11) is 0. The summed E-state index contributed by atoms with van der Waals surface area (Å²) in [4.78, 5) is 25.7. The first-order valence-corrected chi connectivity index (χ1v) is 6.09. The Morgan fingerprint density at radius 2 is 2.24 bits per heavy atom. The van der Waals surface area contributed by atoms with Crippen LogP contribution in [0.25, 0.3) is 0 Å². The molecule has 0 aliphatic rings. The third-order valence-corrected chi connectivity index (χ3v) is 2.87. The largest absolute Gasteiger partial charge is 0.476 e. The van der Waals surface area contributed by atoms with Gasteiger partial charge in [-0.05, 0) is 19.1 Å². The van der Waals surface area contributed by atoms with Gasteiger partial charge in [0.2, 0.25) is 0 Å². The van der Waals surface area contributed by atoms with Crippen molar-refractivity contribution in [3.05, 3.63) is 22.8 Å². The number of aromatic carboxylic acids is 1. The second-order valence-electron chi connectivity index (χ2n) is 2.88. The minimum atomic E-state index is -1.20. The molecule has 0 saturated carbocycles. The maximum absolute atomic E-state index is 11.1. The molecule has 1 heterocycles. The topological polar surface area (TPSA) is 76.5 Å². The Kier molecular flexibility index (Phi) is 5.24. The van der Waals surface area contributed by atoms with Crippen LogP contribution in [0.4, 0.5) is 0 Å². The van der Waals surface area contributed by atoms with Crippen LogP contribution in [0.15, 0.2) is 17.2 Å². The van der Waals surface area contributed by atoms with Crippen molar-refractivity contribution in [3.63, 3.8) is 0 Å². The zero-order valence-electron chi connectivity index (χ0n) is 8.97. The van der Waals surface area contributed by atoms with E-state index in [1.54, 1.807) is 13.0 Å². The highest BCUT2D eigenvalue weighted by molar-refractivity contribution is 7.99. The molecule has 0 bridgehead atoms. The van der Waals surface area contributed by atoms with E-state index in [1.807, 2.05) is 0 Å². The van der Waals surface area contributed by atoms with Gasteiger partial charge in [0.25, 0.3) is 0 Å². The second kappa shape index (κ2) is 6.46. The Hall–Kier alpha value is -1.27. The average molecular weight is 276 g/mol. The smallest absolute Gasteiger partial charge is 0.356 e. The second-order valence-corrected chi connectivity index (χ2v) is 4.28. The molecule has 1 aromatic rings. The molecule has 1 rings (SSSR count). The molecular weight excluding hydrogens is 266 g/mol. The fourth-order valence-corrected chi connectivity index (χ4v) is 1.85. The van der Waals surface area contributed by atoms with Crippen LogP contribution in [0.5, 0.6) is 0 Å². The summed E-state index contributed by atoms with van der Waals surface area (Å²) >= 11 is 6.76. The van der Waals surface area contributed by atoms with E-state index >= 15 is 0 Å². The van der Waals surface area contributed by atoms with Crippen molar-refractivity contribution in [2.24, 2.45) is 0 Å². The number of thioether (sulfide) groups is 1. The molecule has 0 amide bonds. The van der Waals surface area contributed by atoms with E-state index in [4.69, 9.17) is 21.4 Å². The number of nitrogens with zero attached hydrogens (tertiary/aromatic N) is 1. The number of carboxylic acids is 1. The van der Waals surface area contributed by atoms with E-state index in [0.717, 1.165) is 11.8 Å². The number of hydrogen-bond donors (Lipinski definition) is 1. The van der Waals surface area contributed by atoms with Crippen LogP contribution in [-0.4, -0.2) is 34.4 Å². The van der Waals surface area contributed by atoms with Crippen molar-refractivity contribution >= 4 is 35.3 Å². The number of rotatable bonds is 5. The summed E-state index contributed by atoms with van der Waals surface area (Å²) < 4.78 is 4.74. The quantitative estimate of drug-likeness (QED) is 0.655. The number of hydrogen-bond acceptors (Lipinski definition) is 5. The predicted octanol–water partition coefficient (Wildman–Crippen LogP) is 2.09. The summed E-state index contributed by atoms with van der Waals surface area (Å²) in [5.74, 6) is -1.48. The summed E-state index contributed by atoms with van der Waals surface area (Å²) in [5.41, 5.74) is -0.222. The Morgan fingerprint density at radius 3 is 2.82 bits per heavy atom. The summed E-state index contributed by atoms with van der Waals surface area (Å²) in [5, 5.41) is 9.29. The minimum absolute atomic E-state index is 0.0676. The highest BCUT2D eigenvalue weighted by atomic mass is 35.5. The van der Waals surface area contributed by atoms with Crippen LogP contribution in [0.2, 0.25) is 5.02 Å². The molecular formula is C10H10ClNO4S. The van der Waals surface area contributed by atoms with E-state index in [1.165, 1.54) is 6.07 Å². The first kappa shape index (κ1) is 13.8. The first-order valence-electron chi connectivity index (χ1n) is 4.72. The normalized spacial score (nSPS) is 10.0. The standard InChI is InChI=1S/C10H10ClNO4S/c1-2-16-8(13)5-17-7-4-3-6(11)9(12-7)10(14)15/h3-4H,2,5H2,1H3,(H,14,15). The van der Waals surface area contributed by atoms with Crippen LogP contribution in [0.1, 0.15) is 17.4 Å². The molecule has 1 aromatic heterocycles. The molecule has 17 heavy (non-hydrogen) atoms. The number of carbonyl (C=O) groups is 2. The van der Waals surface area contributed by atoms with Gasteiger partial charge >= 0.3 is 11.9 Å². The fraction of sp³-hybridized carbons (Fsp3) is 0.300. The van der Waals surface area contributed by atoms with Gasteiger partial charge < -0.3 is 9.84 Å². The van der Waals surface area contributed by atoms with Gasteiger partial charge in [0.05, 0.1) is 22.4 Å². The van der Waals surface area contributed by atoms with E-state index in [2.05, 4.69) is 4.98 Å². The highest BCUT2D eigenvalue weighted by Gasteiger charge is 2.12. The van der Waals surface area contributed by atoms with Gasteiger partial charge in [-0.15, -0.1) is 0 Å². The molecule has 0 atom stereocenters. The number of carboxylic acid groups (broad SMARTS) is 1. The van der Waals surface area contributed by atoms with Crippen molar-refractivity contribution < 1.29 is 19.4 Å². The van der Waals surface area contributed by atoms with Crippen molar-refractivity contribution in [1.82, 2.24) is 4.98 Å². The molecule has 0 unspecified atom stereocenters. The van der Waals surface area contributed by atoms with Crippen LogP contribution in [-0.2, 0) is 9.53 Å². The van der Waals surface area contributed by atoms with Crippen LogP contribution in [0, 0.1) is 0 Å². The predicted molar refractivity (Wildman–Crippen MR) is 63.6 cm³/mol. The molecule has 0 saturated heterocycles. The van der Waals surface area contributed by atoms with Gasteiger partial charge in [0.1, 0.15) is 0 Å². The monoisotopic (exact) mass is 275 g/mol. The summed E-state index contributed by atoms with van der Waals surface area (Å²) in [6, 6.07) is 2.99. The highest BCUT2D eigenvalue weighted by Crippen LogP contribution is 2.21. The van der Waals surface area contributed by atoms with Crippen molar-refractivity contribution in [1.29, 1.82) is 0 Å². The van der Waals surface area contributed by atoms with Crippen LogP contribution < -0.4 is 0 Å². The SMILES string of the molecule is CCOC(=O)CSc1ccc(Cl)c(C(=O)O)n1. The zero-order valence-corrected chi connectivity index (χ0v) is 10.5. The van der Waals surface area contributed by atoms with Gasteiger partial charge in [0, 0.05) is 0 Å². The Balaban J connectivity index is 2.69. The molecule has 7 heteroatoms. The third-order valence-electron chi connectivity index (χ3n) is 1.67. The lowest BCUT2D eigenvalue weighted by Gasteiger charge is -2.03. The number of pyridine rings is 1. The molecule has 0 spiro atoms. The Bertz CT molecular complexity index is 438. The van der Waals surface area contributed by atoms with Crippen LogP contribution >= 0.6 is 23.4 Å². The number of ether oxygens (including phenoxy) is 1. The van der Waals surface area contributed by atoms with E-state index in [-0.39, 0.29) is 22.4 Å². The number of carbonyl (C=O) groups excluding carboxylic acids is 1. The van der Waals surface area contributed by atoms with Gasteiger partial charge in [-0.1, -0.05) is 23.4 Å². The number of halogens is 1. The molecule has 0 aliphatic carbocycles. The van der Waals surface area contributed by atoms with Crippen molar-refractivity contribution in [2.75, 3.05) is 12.4 Å². The van der Waals surface area contributed by atoms with Gasteiger partial charge in [0.15, 0.2) is 5.69 Å². The van der Waals surface area contributed by atoms with E-state index in [0.29, 0.717) is 11.6 Å². The maximum atomic E-state index is 11.1. The Labute approximate surface area is 107 Å². The fourth-order valence-electron chi connectivity index (χ4n) is 0.990. The van der Waals surface area contributed by atoms with Crippen molar-refractivity contribution in [2.45, 2.75) is 11.9 Å². The molecule has 0 aromatic carbocycles. The molecule has 92 valence electrons.